The number of rotatable bonds is 5. The van der Waals surface area contributed by atoms with Gasteiger partial charge in [0.05, 0.1) is 6.61 Å². The largest absolute Gasteiger partial charge is 0.494 e. The van der Waals surface area contributed by atoms with Crippen molar-refractivity contribution in [1.29, 1.82) is 0 Å². The van der Waals surface area contributed by atoms with E-state index in [1.165, 1.54) is 6.07 Å². The van der Waals surface area contributed by atoms with Crippen molar-refractivity contribution in [3.8, 4) is 5.75 Å². The lowest BCUT2D eigenvalue weighted by molar-refractivity contribution is 0.339. The van der Waals surface area contributed by atoms with Crippen molar-refractivity contribution < 1.29 is 9.13 Å². The first-order valence-electron chi connectivity index (χ1n) is 6.42. The van der Waals surface area contributed by atoms with Crippen LogP contribution >= 0.6 is 0 Å². The first kappa shape index (κ1) is 13.6. The van der Waals surface area contributed by atoms with E-state index in [1.807, 2.05) is 37.3 Å². The molecule has 0 aliphatic heterocycles. The third kappa shape index (κ3) is 3.55. The second-order valence-electron chi connectivity index (χ2n) is 4.41. The van der Waals surface area contributed by atoms with E-state index in [2.05, 4.69) is 0 Å². The zero-order valence-corrected chi connectivity index (χ0v) is 11.0. The molecule has 0 heterocycles. The maximum Gasteiger partial charge on any atom is 0.126 e. The maximum absolute atomic E-state index is 13.6. The van der Waals surface area contributed by atoms with Gasteiger partial charge in [-0.05, 0) is 42.7 Å². The van der Waals surface area contributed by atoms with Gasteiger partial charge in [0.25, 0.3) is 0 Å². The van der Waals surface area contributed by atoms with Gasteiger partial charge in [0.15, 0.2) is 0 Å². The van der Waals surface area contributed by atoms with Crippen LogP contribution in [0, 0.1) is 5.82 Å². The summed E-state index contributed by atoms with van der Waals surface area (Å²) in [6.07, 6.45) is 0.474. The third-order valence-corrected chi connectivity index (χ3v) is 2.99. The van der Waals surface area contributed by atoms with Crippen molar-refractivity contribution in [2.24, 2.45) is 5.73 Å². The quantitative estimate of drug-likeness (QED) is 0.892. The van der Waals surface area contributed by atoms with Crippen LogP contribution in [-0.4, -0.2) is 6.61 Å². The van der Waals surface area contributed by atoms with E-state index < -0.39 is 0 Å². The number of hydrogen-bond donors (Lipinski definition) is 1. The molecule has 0 bridgehead atoms. The average Bonchev–Trinajstić information content (AvgIpc) is 2.42. The van der Waals surface area contributed by atoms with Gasteiger partial charge in [0.1, 0.15) is 11.6 Å². The van der Waals surface area contributed by atoms with Crippen LogP contribution in [0.1, 0.15) is 24.1 Å². The fraction of sp³-hybridized carbons (Fsp3) is 0.250. The summed E-state index contributed by atoms with van der Waals surface area (Å²) < 4.78 is 19.0. The molecule has 2 aromatic rings. The SMILES string of the molecule is CCOc1cccc(C(N)Cc2ccccc2F)c1. The van der Waals surface area contributed by atoms with E-state index in [0.717, 1.165) is 11.3 Å². The van der Waals surface area contributed by atoms with Crippen molar-refractivity contribution in [1.82, 2.24) is 0 Å². The number of nitrogens with two attached hydrogens (primary N) is 1. The maximum atomic E-state index is 13.6. The molecule has 0 radical (unpaired) electrons. The zero-order valence-electron chi connectivity index (χ0n) is 11.0. The molecule has 2 nitrogen and oxygen atoms in total. The topological polar surface area (TPSA) is 35.2 Å². The predicted molar refractivity (Wildman–Crippen MR) is 74.6 cm³/mol. The summed E-state index contributed by atoms with van der Waals surface area (Å²) in [4.78, 5) is 0. The van der Waals surface area contributed by atoms with Crippen LogP contribution in [-0.2, 0) is 6.42 Å². The minimum Gasteiger partial charge on any atom is -0.494 e. The van der Waals surface area contributed by atoms with Crippen LogP contribution in [0.3, 0.4) is 0 Å². The van der Waals surface area contributed by atoms with Gasteiger partial charge >= 0.3 is 0 Å². The number of benzene rings is 2. The smallest absolute Gasteiger partial charge is 0.126 e. The van der Waals surface area contributed by atoms with Gasteiger partial charge in [-0.1, -0.05) is 30.3 Å². The van der Waals surface area contributed by atoms with E-state index in [9.17, 15) is 4.39 Å². The monoisotopic (exact) mass is 259 g/mol. The second kappa shape index (κ2) is 6.34. The molecule has 19 heavy (non-hydrogen) atoms. The highest BCUT2D eigenvalue weighted by molar-refractivity contribution is 5.32. The van der Waals surface area contributed by atoms with E-state index in [-0.39, 0.29) is 11.9 Å². The van der Waals surface area contributed by atoms with Crippen molar-refractivity contribution >= 4 is 0 Å². The Kier molecular flexibility index (Phi) is 4.53. The highest BCUT2D eigenvalue weighted by Crippen LogP contribution is 2.21. The lowest BCUT2D eigenvalue weighted by Crippen LogP contribution is -2.14. The minimum absolute atomic E-state index is 0.209. The molecule has 0 saturated carbocycles. The summed E-state index contributed by atoms with van der Waals surface area (Å²) in [5.41, 5.74) is 7.73. The molecule has 1 atom stereocenters. The molecule has 0 aliphatic rings. The van der Waals surface area contributed by atoms with Crippen molar-refractivity contribution in [2.75, 3.05) is 6.61 Å². The van der Waals surface area contributed by atoms with Gasteiger partial charge in [0.2, 0.25) is 0 Å². The molecule has 0 aromatic heterocycles. The molecule has 0 saturated heterocycles. The number of hydrogen-bond acceptors (Lipinski definition) is 2. The molecule has 2 N–H and O–H groups in total. The summed E-state index contributed by atoms with van der Waals surface area (Å²) in [7, 11) is 0. The highest BCUT2D eigenvalue weighted by Gasteiger charge is 2.10. The van der Waals surface area contributed by atoms with Crippen molar-refractivity contribution in [3.63, 3.8) is 0 Å². The van der Waals surface area contributed by atoms with Gasteiger partial charge in [-0.15, -0.1) is 0 Å². The average molecular weight is 259 g/mol. The van der Waals surface area contributed by atoms with Gasteiger partial charge in [-0.3, -0.25) is 0 Å². The second-order valence-corrected chi connectivity index (χ2v) is 4.41. The van der Waals surface area contributed by atoms with Crippen LogP contribution in [0.15, 0.2) is 48.5 Å². The Bertz CT molecular complexity index is 542. The molecule has 0 fully saturated rings. The molecule has 0 amide bonds. The normalized spacial score (nSPS) is 12.2. The Hall–Kier alpha value is -1.87. The Balaban J connectivity index is 2.13. The van der Waals surface area contributed by atoms with Crippen LogP contribution in [0.5, 0.6) is 5.75 Å². The van der Waals surface area contributed by atoms with Crippen LogP contribution < -0.4 is 10.5 Å². The van der Waals surface area contributed by atoms with Crippen molar-refractivity contribution in [3.05, 3.63) is 65.5 Å². The van der Waals surface area contributed by atoms with E-state index in [1.54, 1.807) is 12.1 Å². The van der Waals surface area contributed by atoms with Gasteiger partial charge in [-0.2, -0.15) is 0 Å². The van der Waals surface area contributed by atoms with Crippen molar-refractivity contribution in [2.45, 2.75) is 19.4 Å². The molecular formula is C16H18FNO. The number of ether oxygens (including phenoxy) is 1. The molecule has 3 heteroatoms. The molecule has 2 aromatic carbocycles. The Morgan fingerprint density at radius 2 is 1.95 bits per heavy atom. The van der Waals surface area contributed by atoms with Gasteiger partial charge in [0, 0.05) is 6.04 Å². The summed E-state index contributed by atoms with van der Waals surface area (Å²) in [5, 5.41) is 0. The van der Waals surface area contributed by atoms with Crippen LogP contribution in [0.25, 0.3) is 0 Å². The van der Waals surface area contributed by atoms with Crippen LogP contribution in [0.2, 0.25) is 0 Å². The minimum atomic E-state index is -0.239. The lowest BCUT2D eigenvalue weighted by atomic mass is 9.99. The van der Waals surface area contributed by atoms with Crippen LogP contribution in [0.4, 0.5) is 4.39 Å². The van der Waals surface area contributed by atoms with Gasteiger partial charge in [-0.25, -0.2) is 4.39 Å². The molecule has 2 rings (SSSR count). The lowest BCUT2D eigenvalue weighted by Gasteiger charge is -2.14. The first-order chi connectivity index (χ1) is 9.20. The Morgan fingerprint density at radius 3 is 2.68 bits per heavy atom. The fourth-order valence-corrected chi connectivity index (χ4v) is 2.02. The molecule has 0 aliphatic carbocycles. The third-order valence-electron chi connectivity index (χ3n) is 2.99. The molecular weight excluding hydrogens is 241 g/mol. The van der Waals surface area contributed by atoms with E-state index in [4.69, 9.17) is 10.5 Å². The summed E-state index contributed by atoms with van der Waals surface area (Å²) in [5.74, 6) is 0.586. The summed E-state index contributed by atoms with van der Waals surface area (Å²) in [6.45, 7) is 2.55. The molecule has 1 unspecified atom stereocenters. The first-order valence-corrected chi connectivity index (χ1v) is 6.42. The molecule has 100 valence electrons. The number of halogens is 1. The zero-order chi connectivity index (χ0) is 13.7. The summed E-state index contributed by atoms with van der Waals surface area (Å²) >= 11 is 0. The molecule has 0 spiro atoms. The fourth-order valence-electron chi connectivity index (χ4n) is 2.02. The highest BCUT2D eigenvalue weighted by atomic mass is 19.1. The van der Waals surface area contributed by atoms with Gasteiger partial charge < -0.3 is 10.5 Å². The predicted octanol–water partition coefficient (Wildman–Crippen LogP) is 3.47. The Labute approximate surface area is 113 Å². The summed E-state index contributed by atoms with van der Waals surface area (Å²) in [6, 6.07) is 14.1. The standard InChI is InChI=1S/C16H18FNO/c1-2-19-14-8-5-7-13(10-14)16(18)11-12-6-3-4-9-15(12)17/h3-10,16H,2,11,18H2,1H3. The van der Waals surface area contributed by atoms with E-state index >= 15 is 0 Å². The van der Waals surface area contributed by atoms with E-state index in [0.29, 0.717) is 18.6 Å². The Morgan fingerprint density at radius 1 is 1.16 bits per heavy atom.